The second-order valence-electron chi connectivity index (χ2n) is 6.28. The Morgan fingerprint density at radius 1 is 1.37 bits per heavy atom. The number of hydrogen-bond donors (Lipinski definition) is 2. The molecule has 156 valence electrons. The van der Waals surface area contributed by atoms with Gasteiger partial charge in [-0.05, 0) is 24.3 Å². The van der Waals surface area contributed by atoms with Gasteiger partial charge in [0.05, 0.1) is 0 Å². The van der Waals surface area contributed by atoms with Crippen molar-refractivity contribution < 1.29 is 32.7 Å². The molecule has 10 nitrogen and oxygen atoms in total. The Morgan fingerprint density at radius 3 is 2.83 bits per heavy atom. The van der Waals surface area contributed by atoms with E-state index < -0.39 is 30.7 Å². The molecule has 1 atom stereocenters. The molecule has 0 saturated carbocycles. The zero-order valence-electron chi connectivity index (χ0n) is 15.1. The first kappa shape index (κ1) is 19.4. The predicted octanol–water partition coefficient (Wildman–Crippen LogP) is 2.13. The standard InChI is InChI=1S/C18H14F2N4O6/c19-18(20)29-10-3-1-9(2-4-10)11-5-13(30-23-11)12-7-28-16-15(22-12)17(27)24(8-21-16)6-14(25)26/h1-5,8,12,18,22H,6-7H2,(H,25,26)/t12-/m0/s1. The lowest BCUT2D eigenvalue weighted by Crippen LogP contribution is -2.33. The van der Waals surface area contributed by atoms with E-state index in [9.17, 15) is 18.4 Å². The van der Waals surface area contributed by atoms with Crippen LogP contribution in [0.3, 0.4) is 0 Å². The molecule has 0 unspecified atom stereocenters. The molecule has 30 heavy (non-hydrogen) atoms. The summed E-state index contributed by atoms with van der Waals surface area (Å²) < 4.78 is 40.6. The number of hydrogen-bond acceptors (Lipinski definition) is 8. The average Bonchev–Trinajstić information content (AvgIpc) is 3.20. The number of aliphatic carboxylic acids is 1. The Kier molecular flexibility index (Phi) is 5.04. The summed E-state index contributed by atoms with van der Waals surface area (Å²) >= 11 is 0. The second-order valence-corrected chi connectivity index (χ2v) is 6.28. The van der Waals surface area contributed by atoms with Crippen molar-refractivity contribution in [2.24, 2.45) is 0 Å². The molecule has 3 aromatic rings. The van der Waals surface area contributed by atoms with Crippen LogP contribution in [0.25, 0.3) is 11.3 Å². The first-order chi connectivity index (χ1) is 14.4. The van der Waals surface area contributed by atoms with Crippen LogP contribution in [0.5, 0.6) is 11.6 Å². The van der Waals surface area contributed by atoms with Gasteiger partial charge in [-0.25, -0.2) is 4.98 Å². The number of fused-ring (bicyclic) bond motifs is 1. The summed E-state index contributed by atoms with van der Waals surface area (Å²) in [6.07, 6.45) is 1.10. The molecule has 3 heterocycles. The SMILES string of the molecule is O=C(O)Cn1cnc2c(c1=O)N[C@H](c1cc(-c3ccc(OC(F)F)cc3)no1)CO2. The molecule has 0 fully saturated rings. The van der Waals surface area contributed by atoms with Crippen LogP contribution in [-0.2, 0) is 11.3 Å². The molecule has 0 amide bonds. The molecule has 2 aromatic heterocycles. The van der Waals surface area contributed by atoms with Gasteiger partial charge in [-0.3, -0.25) is 14.2 Å². The number of nitrogens with one attached hydrogen (secondary N) is 1. The number of carboxylic acids is 1. The summed E-state index contributed by atoms with van der Waals surface area (Å²) in [5.74, 6) is -0.748. The summed E-state index contributed by atoms with van der Waals surface area (Å²) in [4.78, 5) is 27.3. The van der Waals surface area contributed by atoms with Gasteiger partial charge in [0, 0.05) is 11.6 Å². The zero-order valence-corrected chi connectivity index (χ0v) is 15.1. The fraction of sp³-hybridized carbons (Fsp3) is 0.222. The highest BCUT2D eigenvalue weighted by Gasteiger charge is 2.28. The lowest BCUT2D eigenvalue weighted by atomic mass is 10.1. The number of alkyl halides is 2. The smallest absolute Gasteiger partial charge is 0.387 e. The van der Waals surface area contributed by atoms with Crippen LogP contribution in [0, 0.1) is 0 Å². The maximum atomic E-state index is 12.5. The third kappa shape index (κ3) is 3.92. The van der Waals surface area contributed by atoms with E-state index in [1.54, 1.807) is 18.2 Å². The molecule has 0 aliphatic carbocycles. The van der Waals surface area contributed by atoms with Crippen LogP contribution >= 0.6 is 0 Å². The highest BCUT2D eigenvalue weighted by atomic mass is 19.3. The number of aromatic nitrogens is 3. The Balaban J connectivity index is 1.54. The van der Waals surface area contributed by atoms with Crippen molar-refractivity contribution in [2.75, 3.05) is 11.9 Å². The highest BCUT2D eigenvalue weighted by molar-refractivity contribution is 5.67. The van der Waals surface area contributed by atoms with Gasteiger partial charge >= 0.3 is 12.6 Å². The third-order valence-corrected chi connectivity index (χ3v) is 4.26. The molecule has 0 bridgehead atoms. The van der Waals surface area contributed by atoms with Crippen LogP contribution in [0.15, 0.2) is 46.0 Å². The average molecular weight is 420 g/mol. The van der Waals surface area contributed by atoms with Gasteiger partial charge in [0.2, 0.25) is 5.88 Å². The molecule has 2 N–H and O–H groups in total. The predicted molar refractivity (Wildman–Crippen MR) is 96.6 cm³/mol. The number of benzene rings is 1. The summed E-state index contributed by atoms with van der Waals surface area (Å²) in [6.45, 7) is -3.36. The largest absolute Gasteiger partial charge is 0.480 e. The van der Waals surface area contributed by atoms with Crippen LogP contribution < -0.4 is 20.3 Å². The maximum absolute atomic E-state index is 12.5. The van der Waals surface area contributed by atoms with Gasteiger partial charge in [0.25, 0.3) is 5.56 Å². The van der Waals surface area contributed by atoms with E-state index in [0.717, 1.165) is 10.9 Å². The van der Waals surface area contributed by atoms with Crippen molar-refractivity contribution in [1.29, 1.82) is 0 Å². The van der Waals surface area contributed by atoms with Gasteiger partial charge in [-0.2, -0.15) is 8.78 Å². The summed E-state index contributed by atoms with van der Waals surface area (Å²) in [6, 6.07) is 6.90. The zero-order chi connectivity index (χ0) is 21.3. The van der Waals surface area contributed by atoms with Gasteiger partial charge in [-0.15, -0.1) is 0 Å². The Bertz CT molecular complexity index is 1130. The second kappa shape index (κ2) is 7.81. The van der Waals surface area contributed by atoms with Crippen molar-refractivity contribution in [3.05, 3.63) is 52.8 Å². The lowest BCUT2D eigenvalue weighted by molar-refractivity contribution is -0.137. The van der Waals surface area contributed by atoms with Gasteiger partial charge in [-0.1, -0.05) is 5.16 Å². The van der Waals surface area contributed by atoms with Crippen LogP contribution in [-0.4, -0.2) is 39.0 Å². The Hall–Kier alpha value is -3.96. The molecule has 0 saturated heterocycles. The topological polar surface area (TPSA) is 129 Å². The van der Waals surface area contributed by atoms with Crippen molar-refractivity contribution in [3.63, 3.8) is 0 Å². The lowest BCUT2D eigenvalue weighted by Gasteiger charge is -2.24. The van der Waals surface area contributed by atoms with E-state index in [4.69, 9.17) is 14.4 Å². The van der Waals surface area contributed by atoms with E-state index in [1.165, 1.54) is 12.1 Å². The van der Waals surface area contributed by atoms with E-state index >= 15 is 0 Å². The monoisotopic (exact) mass is 420 g/mol. The molecule has 0 radical (unpaired) electrons. The molecule has 4 rings (SSSR count). The highest BCUT2D eigenvalue weighted by Crippen LogP contribution is 2.31. The number of nitrogens with zero attached hydrogens (tertiary/aromatic N) is 3. The fourth-order valence-corrected chi connectivity index (χ4v) is 2.89. The maximum Gasteiger partial charge on any atom is 0.387 e. The molecule has 1 aliphatic heterocycles. The van der Waals surface area contributed by atoms with Crippen molar-refractivity contribution in [1.82, 2.24) is 14.7 Å². The molecule has 12 heteroatoms. The minimum atomic E-state index is -2.91. The first-order valence-corrected chi connectivity index (χ1v) is 8.63. The summed E-state index contributed by atoms with van der Waals surface area (Å²) in [5.41, 5.74) is 0.466. The van der Waals surface area contributed by atoms with Crippen LogP contribution in [0.2, 0.25) is 0 Å². The van der Waals surface area contributed by atoms with Crippen LogP contribution in [0.4, 0.5) is 14.5 Å². The van der Waals surface area contributed by atoms with Crippen molar-refractivity contribution in [3.8, 4) is 22.9 Å². The molecule has 0 spiro atoms. The Labute approximate surface area is 166 Å². The van der Waals surface area contributed by atoms with E-state index in [-0.39, 0.29) is 23.9 Å². The summed E-state index contributed by atoms with van der Waals surface area (Å²) in [5, 5.41) is 15.8. The minimum absolute atomic E-state index is 0.0152. The van der Waals surface area contributed by atoms with Crippen molar-refractivity contribution in [2.45, 2.75) is 19.2 Å². The van der Waals surface area contributed by atoms with E-state index in [2.05, 4.69) is 20.2 Å². The molecule has 1 aromatic carbocycles. The van der Waals surface area contributed by atoms with Gasteiger partial charge < -0.3 is 24.4 Å². The normalized spacial score (nSPS) is 15.2. The summed E-state index contributed by atoms with van der Waals surface area (Å²) in [7, 11) is 0. The molecule has 1 aliphatic rings. The fourth-order valence-electron chi connectivity index (χ4n) is 2.89. The molecular weight excluding hydrogens is 406 g/mol. The number of halogens is 2. The van der Waals surface area contributed by atoms with Gasteiger partial charge in [0.15, 0.2) is 11.4 Å². The first-order valence-electron chi connectivity index (χ1n) is 8.63. The third-order valence-electron chi connectivity index (χ3n) is 4.26. The minimum Gasteiger partial charge on any atom is -0.480 e. The molecular formula is C18H14F2N4O6. The van der Waals surface area contributed by atoms with Crippen LogP contribution in [0.1, 0.15) is 11.8 Å². The van der Waals surface area contributed by atoms with Crippen molar-refractivity contribution >= 4 is 11.7 Å². The number of carboxylic acid groups (broad SMARTS) is 1. The van der Waals surface area contributed by atoms with E-state index in [1.807, 2.05) is 0 Å². The number of carbonyl (C=O) groups is 1. The number of rotatable bonds is 6. The quantitative estimate of drug-likeness (QED) is 0.616. The Morgan fingerprint density at radius 2 is 2.13 bits per heavy atom. The van der Waals surface area contributed by atoms with E-state index in [0.29, 0.717) is 17.0 Å². The number of anilines is 1. The van der Waals surface area contributed by atoms with Gasteiger partial charge in [0.1, 0.15) is 37.0 Å². The number of ether oxygens (including phenoxy) is 2.